The van der Waals surface area contributed by atoms with Gasteiger partial charge in [0.25, 0.3) is 0 Å². The Bertz CT molecular complexity index is 748. The number of hydrogen-bond donors (Lipinski definition) is 0. The van der Waals surface area contributed by atoms with Gasteiger partial charge in [0.1, 0.15) is 5.76 Å². The Labute approximate surface area is 122 Å². The van der Waals surface area contributed by atoms with E-state index in [1.807, 2.05) is 13.0 Å². The normalized spacial score (nSPS) is 20.6. The fourth-order valence-corrected chi connectivity index (χ4v) is 2.76. The second-order valence-electron chi connectivity index (χ2n) is 5.49. The first-order chi connectivity index (χ1) is 10.3. The highest BCUT2D eigenvalue weighted by Gasteiger charge is 2.39. The fourth-order valence-electron chi connectivity index (χ4n) is 2.76. The van der Waals surface area contributed by atoms with Crippen LogP contribution < -0.4 is 0 Å². The van der Waals surface area contributed by atoms with Crippen LogP contribution in [0.4, 0.5) is 0 Å². The van der Waals surface area contributed by atoms with Gasteiger partial charge in [0.15, 0.2) is 12.1 Å². The first-order valence-corrected chi connectivity index (χ1v) is 7.09. The van der Waals surface area contributed by atoms with Gasteiger partial charge >= 0.3 is 0 Å². The lowest BCUT2D eigenvalue weighted by Crippen LogP contribution is -1.91. The summed E-state index contributed by atoms with van der Waals surface area (Å²) >= 11 is 0. The minimum atomic E-state index is 0.508. The van der Waals surface area contributed by atoms with Crippen LogP contribution in [-0.4, -0.2) is 15.1 Å². The van der Waals surface area contributed by atoms with E-state index >= 15 is 0 Å². The molecule has 1 aliphatic rings. The van der Waals surface area contributed by atoms with Crippen molar-refractivity contribution >= 4 is 0 Å². The average molecular weight is 281 g/mol. The van der Waals surface area contributed by atoms with Crippen LogP contribution in [0.1, 0.15) is 29.6 Å². The number of aromatic nitrogens is 3. The summed E-state index contributed by atoms with van der Waals surface area (Å²) < 4.78 is 10.5. The Balaban J connectivity index is 1.46. The molecule has 4 rings (SSSR count). The SMILES string of the molecule is Cc1ocnc1-c1noc(C[C@@H]2C[C@H]2c2ccccc2)n1. The maximum absolute atomic E-state index is 5.34. The quantitative estimate of drug-likeness (QED) is 0.733. The molecule has 106 valence electrons. The van der Waals surface area contributed by atoms with Crippen molar-refractivity contribution in [2.75, 3.05) is 0 Å². The Morgan fingerprint density at radius 2 is 2.10 bits per heavy atom. The van der Waals surface area contributed by atoms with Gasteiger partial charge in [0.2, 0.25) is 11.7 Å². The van der Waals surface area contributed by atoms with Crippen molar-refractivity contribution in [1.29, 1.82) is 0 Å². The van der Waals surface area contributed by atoms with E-state index in [2.05, 4.69) is 39.4 Å². The Morgan fingerprint density at radius 1 is 1.24 bits per heavy atom. The summed E-state index contributed by atoms with van der Waals surface area (Å²) in [5.41, 5.74) is 2.05. The van der Waals surface area contributed by atoms with Crippen molar-refractivity contribution in [3.8, 4) is 11.5 Å². The van der Waals surface area contributed by atoms with Crippen LogP contribution in [0.3, 0.4) is 0 Å². The summed E-state index contributed by atoms with van der Waals surface area (Å²) in [7, 11) is 0. The Hall–Kier alpha value is -2.43. The summed E-state index contributed by atoms with van der Waals surface area (Å²) in [6, 6.07) is 10.6. The fraction of sp³-hybridized carbons (Fsp3) is 0.312. The first-order valence-electron chi connectivity index (χ1n) is 7.09. The molecule has 0 unspecified atom stereocenters. The van der Waals surface area contributed by atoms with E-state index in [0.717, 1.165) is 6.42 Å². The van der Waals surface area contributed by atoms with Crippen molar-refractivity contribution in [3.63, 3.8) is 0 Å². The van der Waals surface area contributed by atoms with Crippen LogP contribution in [0.2, 0.25) is 0 Å². The van der Waals surface area contributed by atoms with Gasteiger partial charge in [-0.15, -0.1) is 0 Å². The monoisotopic (exact) mass is 281 g/mol. The lowest BCUT2D eigenvalue weighted by Gasteiger charge is -1.97. The van der Waals surface area contributed by atoms with E-state index in [0.29, 0.717) is 35.0 Å². The largest absolute Gasteiger partial charge is 0.448 e. The van der Waals surface area contributed by atoms with Gasteiger partial charge in [0, 0.05) is 6.42 Å². The first kappa shape index (κ1) is 12.3. The van der Waals surface area contributed by atoms with Crippen molar-refractivity contribution in [3.05, 3.63) is 53.9 Å². The molecule has 0 bridgehead atoms. The predicted molar refractivity (Wildman–Crippen MR) is 75.5 cm³/mol. The molecule has 2 heterocycles. The summed E-state index contributed by atoms with van der Waals surface area (Å²) in [4.78, 5) is 8.53. The van der Waals surface area contributed by atoms with Gasteiger partial charge in [-0.1, -0.05) is 35.5 Å². The lowest BCUT2D eigenvalue weighted by atomic mass is 10.1. The highest BCUT2D eigenvalue weighted by atomic mass is 16.5. The van der Waals surface area contributed by atoms with E-state index < -0.39 is 0 Å². The molecule has 2 atom stereocenters. The molecule has 0 radical (unpaired) electrons. The molecule has 0 N–H and O–H groups in total. The third-order valence-electron chi connectivity index (χ3n) is 4.01. The predicted octanol–water partition coefficient (Wildman–Crippen LogP) is 3.38. The molecule has 5 nitrogen and oxygen atoms in total. The van der Waals surface area contributed by atoms with Crippen LogP contribution >= 0.6 is 0 Å². The summed E-state index contributed by atoms with van der Waals surface area (Å²) in [6.07, 6.45) is 3.40. The molecule has 2 aromatic heterocycles. The maximum Gasteiger partial charge on any atom is 0.227 e. The van der Waals surface area contributed by atoms with Gasteiger partial charge in [0.05, 0.1) is 0 Å². The zero-order valence-electron chi connectivity index (χ0n) is 11.7. The molecule has 5 heteroatoms. The third-order valence-corrected chi connectivity index (χ3v) is 4.01. The van der Waals surface area contributed by atoms with Crippen LogP contribution in [0.25, 0.3) is 11.5 Å². The van der Waals surface area contributed by atoms with Crippen LogP contribution in [0.5, 0.6) is 0 Å². The molecule has 21 heavy (non-hydrogen) atoms. The molecular weight excluding hydrogens is 266 g/mol. The molecule has 1 aliphatic carbocycles. The zero-order valence-corrected chi connectivity index (χ0v) is 11.7. The van der Waals surface area contributed by atoms with E-state index in [4.69, 9.17) is 8.94 Å². The van der Waals surface area contributed by atoms with Crippen molar-refractivity contribution in [2.45, 2.75) is 25.7 Å². The standard InChI is InChI=1S/C16H15N3O2/c1-10-15(17-9-20-10)16-18-14(21-19-16)8-12-7-13(12)11-5-3-2-4-6-11/h2-6,9,12-13H,7-8H2,1H3/t12-,13-/m0/s1. The summed E-state index contributed by atoms with van der Waals surface area (Å²) in [5.74, 6) is 3.11. The van der Waals surface area contributed by atoms with Gasteiger partial charge in [-0.05, 0) is 30.7 Å². The van der Waals surface area contributed by atoms with Gasteiger partial charge < -0.3 is 8.94 Å². The third kappa shape index (κ3) is 2.35. The molecule has 0 aliphatic heterocycles. The highest BCUT2D eigenvalue weighted by molar-refractivity contribution is 5.49. The maximum atomic E-state index is 5.34. The molecule has 1 aromatic carbocycles. The summed E-state index contributed by atoms with van der Waals surface area (Å²) in [5, 5.41) is 3.99. The van der Waals surface area contributed by atoms with Gasteiger partial charge in [-0.25, -0.2) is 4.98 Å². The zero-order chi connectivity index (χ0) is 14.2. The minimum absolute atomic E-state index is 0.508. The second kappa shape index (κ2) is 4.84. The van der Waals surface area contributed by atoms with Gasteiger partial charge in [-0.2, -0.15) is 4.98 Å². The van der Waals surface area contributed by atoms with E-state index in [1.54, 1.807) is 0 Å². The van der Waals surface area contributed by atoms with E-state index in [9.17, 15) is 0 Å². The molecule has 0 spiro atoms. The average Bonchev–Trinajstić information content (AvgIpc) is 2.89. The summed E-state index contributed by atoms with van der Waals surface area (Å²) in [6.45, 7) is 1.84. The number of nitrogens with zero attached hydrogens (tertiary/aromatic N) is 3. The smallest absolute Gasteiger partial charge is 0.227 e. The molecule has 0 saturated heterocycles. The molecule has 1 saturated carbocycles. The number of benzene rings is 1. The second-order valence-corrected chi connectivity index (χ2v) is 5.49. The molecule has 0 amide bonds. The van der Waals surface area contributed by atoms with Crippen molar-refractivity contribution in [2.24, 2.45) is 5.92 Å². The molecule has 3 aromatic rings. The molecule has 1 fully saturated rings. The van der Waals surface area contributed by atoms with E-state index in [1.165, 1.54) is 18.4 Å². The van der Waals surface area contributed by atoms with Crippen LogP contribution in [-0.2, 0) is 6.42 Å². The minimum Gasteiger partial charge on any atom is -0.448 e. The van der Waals surface area contributed by atoms with E-state index in [-0.39, 0.29) is 0 Å². The van der Waals surface area contributed by atoms with Gasteiger partial charge in [-0.3, -0.25) is 0 Å². The molecular formula is C16H15N3O2. The Kier molecular flexibility index (Phi) is 2.84. The number of aryl methyl sites for hydroxylation is 1. The van der Waals surface area contributed by atoms with Crippen molar-refractivity contribution < 1.29 is 8.94 Å². The topological polar surface area (TPSA) is 65.0 Å². The van der Waals surface area contributed by atoms with Crippen molar-refractivity contribution in [1.82, 2.24) is 15.1 Å². The lowest BCUT2D eigenvalue weighted by molar-refractivity contribution is 0.372. The van der Waals surface area contributed by atoms with Crippen LogP contribution in [0.15, 0.2) is 45.7 Å². The Morgan fingerprint density at radius 3 is 2.86 bits per heavy atom. The number of hydrogen-bond acceptors (Lipinski definition) is 5. The number of rotatable bonds is 4. The highest BCUT2D eigenvalue weighted by Crippen LogP contribution is 2.49. The number of oxazole rings is 1. The van der Waals surface area contributed by atoms with Crippen LogP contribution in [0, 0.1) is 12.8 Å².